The summed E-state index contributed by atoms with van der Waals surface area (Å²) in [5, 5.41) is 21.3. The third-order valence-electron chi connectivity index (χ3n) is 6.51. The van der Waals surface area contributed by atoms with Gasteiger partial charge in [-0.25, -0.2) is 0 Å². The first-order valence-electron chi connectivity index (χ1n) is 7.26. The summed E-state index contributed by atoms with van der Waals surface area (Å²) in [7, 11) is 0. The highest BCUT2D eigenvalue weighted by Crippen LogP contribution is 2.68. The van der Waals surface area contributed by atoms with Gasteiger partial charge in [0, 0.05) is 10.8 Å². The van der Waals surface area contributed by atoms with E-state index >= 15 is 0 Å². The Morgan fingerprint density at radius 1 is 1.21 bits per heavy atom. The Bertz CT molecular complexity index is 463. The molecule has 19 heavy (non-hydrogen) atoms. The minimum absolute atomic E-state index is 0.0812. The molecule has 3 aliphatic heterocycles. The summed E-state index contributed by atoms with van der Waals surface area (Å²) in [6.45, 7) is 4.21. The van der Waals surface area contributed by atoms with Gasteiger partial charge < -0.3 is 19.7 Å². The van der Waals surface area contributed by atoms with Crippen LogP contribution in [0.15, 0.2) is 12.2 Å². The van der Waals surface area contributed by atoms with Crippen LogP contribution in [-0.4, -0.2) is 40.4 Å². The fraction of sp³-hybridized carbons (Fsp3) is 0.867. The van der Waals surface area contributed by atoms with Crippen molar-refractivity contribution in [1.82, 2.24) is 0 Å². The van der Waals surface area contributed by atoms with Crippen molar-refractivity contribution < 1.29 is 19.7 Å². The van der Waals surface area contributed by atoms with Crippen LogP contribution in [0.2, 0.25) is 0 Å². The van der Waals surface area contributed by atoms with E-state index in [2.05, 4.69) is 19.1 Å². The number of rotatable bonds is 1. The summed E-state index contributed by atoms with van der Waals surface area (Å²) in [5.41, 5.74) is -2.06. The van der Waals surface area contributed by atoms with Gasteiger partial charge in [-0.05, 0) is 32.6 Å². The zero-order valence-electron chi connectivity index (χ0n) is 11.6. The Hall–Kier alpha value is -0.420. The second-order valence-corrected chi connectivity index (χ2v) is 7.23. The number of aliphatic hydroxyl groups excluding tert-OH is 1. The molecule has 6 atom stereocenters. The van der Waals surface area contributed by atoms with E-state index < -0.39 is 11.9 Å². The molecule has 4 nitrogen and oxygen atoms in total. The van der Waals surface area contributed by atoms with E-state index in [1.165, 1.54) is 0 Å². The monoisotopic (exact) mass is 266 g/mol. The number of ether oxygens (including phenoxy) is 2. The second kappa shape index (κ2) is 3.25. The average molecular weight is 266 g/mol. The second-order valence-electron chi connectivity index (χ2n) is 7.23. The summed E-state index contributed by atoms with van der Waals surface area (Å²) in [4.78, 5) is 0. The first-order valence-corrected chi connectivity index (χ1v) is 7.26. The van der Waals surface area contributed by atoms with Gasteiger partial charge >= 0.3 is 0 Å². The quantitative estimate of drug-likeness (QED) is 0.704. The van der Waals surface area contributed by atoms with Gasteiger partial charge in [0.2, 0.25) is 0 Å². The predicted octanol–water partition coefficient (Wildman–Crippen LogP) is 1.36. The SMILES string of the molecule is C[C@]12CC[C@@H]3O[C@@H](O[C@@]4(C)C=C[C@]1(CO)CC4)[C@]32O. The van der Waals surface area contributed by atoms with Crippen LogP contribution in [-0.2, 0) is 9.47 Å². The Morgan fingerprint density at radius 2 is 2.00 bits per heavy atom. The molecule has 2 N–H and O–H groups in total. The molecule has 3 fully saturated rings. The molecule has 0 aromatic carbocycles. The van der Waals surface area contributed by atoms with E-state index in [9.17, 15) is 10.2 Å². The van der Waals surface area contributed by atoms with Crippen LogP contribution in [0.4, 0.5) is 0 Å². The smallest absolute Gasteiger partial charge is 0.190 e. The van der Waals surface area contributed by atoms with Crippen LogP contribution < -0.4 is 0 Å². The molecule has 0 radical (unpaired) electrons. The van der Waals surface area contributed by atoms with Crippen molar-refractivity contribution in [2.24, 2.45) is 10.8 Å². The largest absolute Gasteiger partial charge is 0.395 e. The number of hydrogen-bond donors (Lipinski definition) is 2. The highest BCUT2D eigenvalue weighted by Gasteiger charge is 2.76. The lowest BCUT2D eigenvalue weighted by Gasteiger charge is -2.64. The minimum Gasteiger partial charge on any atom is -0.395 e. The van der Waals surface area contributed by atoms with Gasteiger partial charge in [-0.1, -0.05) is 19.1 Å². The van der Waals surface area contributed by atoms with Gasteiger partial charge in [-0.2, -0.15) is 0 Å². The molecule has 3 heterocycles. The van der Waals surface area contributed by atoms with Gasteiger partial charge in [0.25, 0.3) is 0 Å². The molecule has 0 amide bonds. The Morgan fingerprint density at radius 3 is 2.63 bits per heavy atom. The fourth-order valence-electron chi connectivity index (χ4n) is 4.81. The van der Waals surface area contributed by atoms with Crippen molar-refractivity contribution in [3.63, 3.8) is 0 Å². The molecule has 1 saturated carbocycles. The van der Waals surface area contributed by atoms with Crippen molar-refractivity contribution in [2.45, 2.75) is 63.1 Å². The highest BCUT2D eigenvalue weighted by molar-refractivity contribution is 5.29. The summed E-state index contributed by atoms with van der Waals surface area (Å²) in [5.74, 6) is 0. The number of fused-ring (bicyclic) bond motifs is 1. The molecule has 2 bridgehead atoms. The summed E-state index contributed by atoms with van der Waals surface area (Å²) < 4.78 is 11.8. The number of hydrogen-bond acceptors (Lipinski definition) is 4. The van der Waals surface area contributed by atoms with Crippen molar-refractivity contribution in [3.8, 4) is 0 Å². The topological polar surface area (TPSA) is 58.9 Å². The van der Waals surface area contributed by atoms with E-state index in [1.54, 1.807) is 0 Å². The van der Waals surface area contributed by atoms with E-state index in [-0.39, 0.29) is 29.1 Å². The third kappa shape index (κ3) is 1.13. The van der Waals surface area contributed by atoms with Crippen LogP contribution in [0.25, 0.3) is 0 Å². The van der Waals surface area contributed by atoms with E-state index in [0.29, 0.717) is 0 Å². The summed E-state index contributed by atoms with van der Waals surface area (Å²) in [6, 6.07) is 0. The van der Waals surface area contributed by atoms with Gasteiger partial charge in [0.05, 0.1) is 18.3 Å². The van der Waals surface area contributed by atoms with Crippen LogP contribution in [0.3, 0.4) is 0 Å². The average Bonchev–Trinajstić information content (AvgIpc) is 2.58. The summed E-state index contributed by atoms with van der Waals surface area (Å²) >= 11 is 0. The lowest BCUT2D eigenvalue weighted by Crippen LogP contribution is -2.75. The standard InChI is InChI=1S/C15H22O4/c1-12-5-7-14(9-16,8-6-12)13(2)4-3-10-15(13,17)11(18-10)19-12/h5,7,10-11,16-17H,3-4,6,8-9H2,1-2H3/t10-,11-,12-,13-,14+,15+/m0/s1. The lowest BCUT2D eigenvalue weighted by atomic mass is 9.52. The molecule has 0 spiro atoms. The minimum atomic E-state index is -0.956. The molecule has 5 aliphatic rings. The lowest BCUT2D eigenvalue weighted by molar-refractivity contribution is -0.422. The van der Waals surface area contributed by atoms with Crippen LogP contribution in [0.5, 0.6) is 0 Å². The fourth-order valence-corrected chi connectivity index (χ4v) is 4.81. The Kier molecular flexibility index (Phi) is 2.11. The van der Waals surface area contributed by atoms with Crippen molar-refractivity contribution in [2.75, 3.05) is 6.61 Å². The molecular weight excluding hydrogens is 244 g/mol. The van der Waals surface area contributed by atoms with Crippen LogP contribution >= 0.6 is 0 Å². The normalized spacial score (nSPS) is 62.3. The Labute approximate surface area is 113 Å². The maximum atomic E-state index is 11.2. The molecule has 106 valence electrons. The van der Waals surface area contributed by atoms with Crippen LogP contribution in [0, 0.1) is 10.8 Å². The van der Waals surface area contributed by atoms with E-state index in [0.717, 1.165) is 25.7 Å². The van der Waals surface area contributed by atoms with Crippen molar-refractivity contribution >= 4 is 0 Å². The van der Waals surface area contributed by atoms with Crippen molar-refractivity contribution in [3.05, 3.63) is 12.2 Å². The summed E-state index contributed by atoms with van der Waals surface area (Å²) in [6.07, 6.45) is 6.91. The molecule has 4 heteroatoms. The van der Waals surface area contributed by atoms with Gasteiger partial charge in [-0.3, -0.25) is 0 Å². The maximum absolute atomic E-state index is 11.2. The maximum Gasteiger partial charge on any atom is 0.190 e. The molecule has 0 unspecified atom stereocenters. The third-order valence-corrected chi connectivity index (χ3v) is 6.51. The first kappa shape index (κ1) is 12.3. The molecule has 2 aliphatic carbocycles. The molecule has 0 aromatic rings. The van der Waals surface area contributed by atoms with Gasteiger partial charge in [-0.15, -0.1) is 0 Å². The van der Waals surface area contributed by atoms with Crippen LogP contribution in [0.1, 0.15) is 39.5 Å². The number of aliphatic hydroxyl groups is 2. The molecule has 2 saturated heterocycles. The van der Waals surface area contributed by atoms with E-state index in [4.69, 9.17) is 9.47 Å². The Balaban J connectivity index is 1.92. The van der Waals surface area contributed by atoms with Crippen molar-refractivity contribution in [1.29, 1.82) is 0 Å². The zero-order chi connectivity index (χ0) is 13.5. The van der Waals surface area contributed by atoms with Gasteiger partial charge in [0.1, 0.15) is 5.60 Å². The van der Waals surface area contributed by atoms with Gasteiger partial charge in [0.15, 0.2) is 6.29 Å². The molecule has 0 aromatic heterocycles. The predicted molar refractivity (Wildman–Crippen MR) is 68.3 cm³/mol. The first-order chi connectivity index (χ1) is 8.89. The molecule has 5 rings (SSSR count). The highest BCUT2D eigenvalue weighted by atomic mass is 16.7. The zero-order valence-corrected chi connectivity index (χ0v) is 11.6. The van der Waals surface area contributed by atoms with E-state index in [1.807, 2.05) is 6.92 Å². The molecular formula is C15H22O4.